The lowest BCUT2D eigenvalue weighted by molar-refractivity contribution is 1.13. The molecule has 1 atom stereocenters. The summed E-state index contributed by atoms with van der Waals surface area (Å²) in [6.07, 6.45) is 0. The number of rotatable bonds is 2. The van der Waals surface area contributed by atoms with Gasteiger partial charge in [0.25, 0.3) is 0 Å². The molecule has 0 bridgehead atoms. The van der Waals surface area contributed by atoms with E-state index in [9.17, 15) is 0 Å². The van der Waals surface area contributed by atoms with E-state index in [0.29, 0.717) is 0 Å². The summed E-state index contributed by atoms with van der Waals surface area (Å²) in [4.78, 5) is 1.21. The molecule has 0 fully saturated rings. The summed E-state index contributed by atoms with van der Waals surface area (Å²) in [6.45, 7) is 4.21. The van der Waals surface area contributed by atoms with Crippen LogP contribution in [-0.2, 0) is 0 Å². The fourth-order valence-corrected chi connectivity index (χ4v) is 2.80. The smallest absolute Gasteiger partial charge is 0.0930 e. The fraction of sp³-hybridized carbons (Fsp3) is 0.231. The molecule has 2 heteroatoms. The molecule has 0 saturated heterocycles. The van der Waals surface area contributed by atoms with Gasteiger partial charge < -0.3 is 0 Å². The van der Waals surface area contributed by atoms with Crippen LogP contribution in [0.1, 0.15) is 26.9 Å². The Morgan fingerprint density at radius 1 is 1.20 bits per heavy atom. The molecule has 1 aromatic carbocycles. The lowest BCUT2D eigenvalue weighted by Gasteiger charge is -2.11. The van der Waals surface area contributed by atoms with Gasteiger partial charge in [-0.1, -0.05) is 29.8 Å². The number of aryl methyl sites for hydroxylation is 2. The first kappa shape index (κ1) is 10.7. The summed E-state index contributed by atoms with van der Waals surface area (Å²) in [5, 5.41) is 2.06. The van der Waals surface area contributed by atoms with Crippen molar-refractivity contribution in [2.75, 3.05) is 0 Å². The molecule has 15 heavy (non-hydrogen) atoms. The zero-order valence-corrected chi connectivity index (χ0v) is 10.4. The molecule has 1 heterocycles. The van der Waals surface area contributed by atoms with Crippen LogP contribution in [0.2, 0.25) is 0 Å². The molecule has 2 aromatic rings. The topological polar surface area (TPSA) is 0 Å². The van der Waals surface area contributed by atoms with Crippen molar-refractivity contribution in [1.29, 1.82) is 0 Å². The highest BCUT2D eigenvalue weighted by Gasteiger charge is 2.13. The van der Waals surface area contributed by atoms with Crippen molar-refractivity contribution < 1.29 is 0 Å². The van der Waals surface area contributed by atoms with Crippen molar-refractivity contribution in [3.63, 3.8) is 0 Å². The predicted molar refractivity (Wildman–Crippen MR) is 67.9 cm³/mol. The first-order valence-electron chi connectivity index (χ1n) is 4.93. The van der Waals surface area contributed by atoms with Crippen LogP contribution in [0.25, 0.3) is 0 Å². The fourth-order valence-electron chi connectivity index (χ4n) is 1.62. The first-order chi connectivity index (χ1) is 7.18. The van der Waals surface area contributed by atoms with Crippen molar-refractivity contribution in [1.82, 2.24) is 0 Å². The highest BCUT2D eigenvalue weighted by molar-refractivity contribution is 7.10. The van der Waals surface area contributed by atoms with Crippen LogP contribution in [0.3, 0.4) is 0 Å². The molecule has 0 nitrogen and oxygen atoms in total. The minimum atomic E-state index is -0.00935. The lowest BCUT2D eigenvalue weighted by Crippen LogP contribution is -1.94. The number of hydrogen-bond acceptors (Lipinski definition) is 1. The summed E-state index contributed by atoms with van der Waals surface area (Å²) in [5.74, 6) is 0. The van der Waals surface area contributed by atoms with Crippen LogP contribution in [0.4, 0.5) is 0 Å². The van der Waals surface area contributed by atoms with Crippen LogP contribution >= 0.6 is 22.9 Å². The maximum absolute atomic E-state index is 6.46. The van der Waals surface area contributed by atoms with Gasteiger partial charge in [-0.25, -0.2) is 0 Å². The summed E-state index contributed by atoms with van der Waals surface area (Å²) >= 11 is 8.17. The summed E-state index contributed by atoms with van der Waals surface area (Å²) in [7, 11) is 0. The van der Waals surface area contributed by atoms with Crippen molar-refractivity contribution in [2.45, 2.75) is 19.2 Å². The van der Waals surface area contributed by atoms with Gasteiger partial charge in [-0.3, -0.25) is 0 Å². The van der Waals surface area contributed by atoms with E-state index < -0.39 is 0 Å². The number of hydrogen-bond donors (Lipinski definition) is 0. The van der Waals surface area contributed by atoms with Crippen molar-refractivity contribution in [3.05, 3.63) is 57.3 Å². The van der Waals surface area contributed by atoms with E-state index in [4.69, 9.17) is 11.6 Å². The Labute approximate surface area is 99.5 Å². The van der Waals surface area contributed by atoms with Crippen LogP contribution in [0.15, 0.2) is 35.7 Å². The minimum absolute atomic E-state index is 0.00935. The van der Waals surface area contributed by atoms with Gasteiger partial charge >= 0.3 is 0 Å². The summed E-state index contributed by atoms with van der Waals surface area (Å²) < 4.78 is 0. The lowest BCUT2D eigenvalue weighted by atomic mass is 10.0. The van der Waals surface area contributed by atoms with Crippen LogP contribution in [-0.4, -0.2) is 0 Å². The van der Waals surface area contributed by atoms with Gasteiger partial charge in [0.1, 0.15) is 0 Å². The van der Waals surface area contributed by atoms with Crippen LogP contribution in [0, 0.1) is 13.8 Å². The standard InChI is InChI=1S/C13H13ClS/c1-9-5-6-10(2)11(8-9)13(14)12-4-3-7-15-12/h3-8,13H,1-2H3. The van der Waals surface area contributed by atoms with E-state index in [0.717, 1.165) is 0 Å². The van der Waals surface area contributed by atoms with Crippen LogP contribution in [0.5, 0.6) is 0 Å². The molecule has 0 N–H and O–H groups in total. The zero-order chi connectivity index (χ0) is 10.8. The Balaban J connectivity index is 2.41. The Bertz CT molecular complexity index is 446. The quantitative estimate of drug-likeness (QED) is 0.664. The maximum Gasteiger partial charge on any atom is 0.0930 e. The van der Waals surface area contributed by atoms with Gasteiger partial charge in [-0.2, -0.15) is 0 Å². The summed E-state index contributed by atoms with van der Waals surface area (Å²) in [6, 6.07) is 10.6. The minimum Gasteiger partial charge on any atom is -0.147 e. The predicted octanol–water partition coefficient (Wildman–Crippen LogP) is 4.69. The van der Waals surface area contributed by atoms with Gasteiger partial charge in [0.05, 0.1) is 5.38 Å². The average molecular weight is 237 g/mol. The molecule has 0 spiro atoms. The van der Waals surface area contributed by atoms with Gasteiger partial charge in [-0.15, -0.1) is 22.9 Å². The van der Waals surface area contributed by atoms with E-state index in [2.05, 4.69) is 43.5 Å². The van der Waals surface area contributed by atoms with E-state index in [1.54, 1.807) is 11.3 Å². The number of benzene rings is 1. The maximum atomic E-state index is 6.46. The van der Waals surface area contributed by atoms with E-state index in [1.165, 1.54) is 21.6 Å². The Morgan fingerprint density at radius 2 is 2.00 bits per heavy atom. The van der Waals surface area contributed by atoms with E-state index in [-0.39, 0.29) is 5.38 Å². The van der Waals surface area contributed by atoms with Crippen LogP contribution < -0.4 is 0 Å². The molecular formula is C13H13ClS. The zero-order valence-electron chi connectivity index (χ0n) is 8.83. The average Bonchev–Trinajstić information content (AvgIpc) is 2.74. The number of alkyl halides is 1. The van der Waals surface area contributed by atoms with Crippen molar-refractivity contribution >= 4 is 22.9 Å². The third-order valence-corrected chi connectivity index (χ3v) is 4.04. The Morgan fingerprint density at radius 3 is 2.67 bits per heavy atom. The number of thiophene rings is 1. The largest absolute Gasteiger partial charge is 0.147 e. The first-order valence-corrected chi connectivity index (χ1v) is 6.24. The highest BCUT2D eigenvalue weighted by atomic mass is 35.5. The van der Waals surface area contributed by atoms with Gasteiger partial charge in [-0.05, 0) is 36.4 Å². The van der Waals surface area contributed by atoms with Gasteiger partial charge in [0.2, 0.25) is 0 Å². The molecule has 78 valence electrons. The third kappa shape index (κ3) is 2.24. The van der Waals surface area contributed by atoms with E-state index >= 15 is 0 Å². The Hall–Kier alpha value is -0.790. The van der Waals surface area contributed by atoms with Crippen molar-refractivity contribution in [2.24, 2.45) is 0 Å². The number of halogens is 1. The molecule has 0 aliphatic heterocycles. The molecule has 1 aromatic heterocycles. The molecular weight excluding hydrogens is 224 g/mol. The molecule has 0 amide bonds. The molecule has 0 radical (unpaired) electrons. The van der Waals surface area contributed by atoms with Crippen molar-refractivity contribution in [3.8, 4) is 0 Å². The SMILES string of the molecule is Cc1ccc(C)c(C(Cl)c2cccs2)c1. The van der Waals surface area contributed by atoms with E-state index in [1.807, 2.05) is 6.07 Å². The summed E-state index contributed by atoms with van der Waals surface area (Å²) in [5.41, 5.74) is 3.74. The third-order valence-electron chi connectivity index (χ3n) is 2.50. The van der Waals surface area contributed by atoms with Gasteiger partial charge in [0.15, 0.2) is 0 Å². The molecule has 1 unspecified atom stereocenters. The molecule has 2 rings (SSSR count). The Kier molecular flexibility index (Phi) is 3.13. The molecule has 0 aliphatic carbocycles. The molecule has 0 aliphatic rings. The molecule has 0 saturated carbocycles. The normalized spacial score (nSPS) is 12.7. The second kappa shape index (κ2) is 4.38. The second-order valence-corrected chi connectivity index (χ2v) is 5.15. The van der Waals surface area contributed by atoms with Gasteiger partial charge in [0, 0.05) is 4.88 Å². The second-order valence-electron chi connectivity index (χ2n) is 3.74. The highest BCUT2D eigenvalue weighted by Crippen LogP contribution is 2.33. The monoisotopic (exact) mass is 236 g/mol.